The van der Waals surface area contributed by atoms with Gasteiger partial charge in [-0.15, -0.1) is 10.2 Å². The topological polar surface area (TPSA) is 78.9 Å². The number of carbonyl (C=O) groups is 1. The van der Waals surface area contributed by atoms with Crippen molar-refractivity contribution < 1.29 is 4.79 Å². The Balaban J connectivity index is 2.03. The summed E-state index contributed by atoms with van der Waals surface area (Å²) in [6.07, 6.45) is 0. The fourth-order valence-electron chi connectivity index (χ4n) is 1.76. The average molecular weight is 320 g/mol. The van der Waals surface area contributed by atoms with Crippen LogP contribution >= 0.6 is 11.6 Å². The van der Waals surface area contributed by atoms with Crippen LogP contribution in [0.3, 0.4) is 0 Å². The lowest BCUT2D eigenvalue weighted by Crippen LogP contribution is -2.34. The number of carbonyl (C=O) groups excluding carboxylic acids is 1. The second-order valence-corrected chi connectivity index (χ2v) is 5.50. The number of amides is 2. The molecule has 1 aromatic heterocycles. The molecule has 1 heterocycles. The van der Waals surface area contributed by atoms with Gasteiger partial charge in [0, 0.05) is 16.8 Å². The van der Waals surface area contributed by atoms with Crippen molar-refractivity contribution in [1.29, 1.82) is 0 Å². The quantitative estimate of drug-likeness (QED) is 0.802. The SMILES string of the molecule is Cc1c(Cl)cccc1Nc1ccc(NC(=O)NC(C)C)nn1. The summed E-state index contributed by atoms with van der Waals surface area (Å²) < 4.78 is 0. The Hall–Kier alpha value is -2.34. The lowest BCUT2D eigenvalue weighted by atomic mass is 10.2. The third-order valence-corrected chi connectivity index (χ3v) is 3.27. The fourth-order valence-corrected chi connectivity index (χ4v) is 1.94. The molecule has 2 rings (SSSR count). The molecule has 0 radical (unpaired) electrons. The zero-order valence-corrected chi connectivity index (χ0v) is 13.4. The van der Waals surface area contributed by atoms with Crippen molar-refractivity contribution in [1.82, 2.24) is 15.5 Å². The van der Waals surface area contributed by atoms with E-state index in [1.165, 1.54) is 0 Å². The molecule has 0 atom stereocenters. The van der Waals surface area contributed by atoms with Gasteiger partial charge in [-0.25, -0.2) is 4.79 Å². The Bertz CT molecular complexity index is 657. The van der Waals surface area contributed by atoms with Crippen molar-refractivity contribution in [2.75, 3.05) is 10.6 Å². The number of hydrogen-bond acceptors (Lipinski definition) is 4. The van der Waals surface area contributed by atoms with Crippen LogP contribution in [0.4, 0.5) is 22.1 Å². The largest absolute Gasteiger partial charge is 0.338 e. The molecular weight excluding hydrogens is 302 g/mol. The monoisotopic (exact) mass is 319 g/mol. The number of rotatable bonds is 4. The summed E-state index contributed by atoms with van der Waals surface area (Å²) >= 11 is 6.07. The van der Waals surface area contributed by atoms with Gasteiger partial charge in [-0.05, 0) is 50.6 Å². The van der Waals surface area contributed by atoms with Gasteiger partial charge in [0.2, 0.25) is 0 Å². The molecule has 0 fully saturated rings. The second kappa shape index (κ2) is 7.09. The van der Waals surface area contributed by atoms with Crippen LogP contribution in [0.2, 0.25) is 5.02 Å². The predicted molar refractivity (Wildman–Crippen MR) is 88.8 cm³/mol. The number of nitrogens with zero attached hydrogens (tertiary/aromatic N) is 2. The van der Waals surface area contributed by atoms with E-state index in [4.69, 9.17) is 11.6 Å². The first-order chi connectivity index (χ1) is 10.5. The van der Waals surface area contributed by atoms with Gasteiger partial charge in [0.15, 0.2) is 11.6 Å². The lowest BCUT2D eigenvalue weighted by molar-refractivity contribution is 0.250. The van der Waals surface area contributed by atoms with Gasteiger partial charge in [0.05, 0.1) is 0 Å². The molecule has 3 N–H and O–H groups in total. The van der Waals surface area contributed by atoms with E-state index in [0.717, 1.165) is 11.3 Å². The number of hydrogen-bond donors (Lipinski definition) is 3. The van der Waals surface area contributed by atoms with Crippen molar-refractivity contribution in [2.45, 2.75) is 26.8 Å². The smallest absolute Gasteiger partial charge is 0.320 e. The normalized spacial score (nSPS) is 10.4. The molecule has 2 aromatic rings. The van der Waals surface area contributed by atoms with Crippen LogP contribution in [0, 0.1) is 6.92 Å². The highest BCUT2D eigenvalue weighted by atomic mass is 35.5. The summed E-state index contributed by atoms with van der Waals surface area (Å²) in [5.41, 5.74) is 1.80. The Morgan fingerprint density at radius 1 is 1.14 bits per heavy atom. The van der Waals surface area contributed by atoms with Crippen molar-refractivity contribution in [3.8, 4) is 0 Å². The lowest BCUT2D eigenvalue weighted by Gasteiger charge is -2.11. The zero-order chi connectivity index (χ0) is 16.1. The van der Waals surface area contributed by atoms with Crippen molar-refractivity contribution in [2.24, 2.45) is 0 Å². The molecule has 7 heteroatoms. The summed E-state index contributed by atoms with van der Waals surface area (Å²) in [4.78, 5) is 11.6. The van der Waals surface area contributed by atoms with Crippen molar-refractivity contribution in [3.63, 3.8) is 0 Å². The van der Waals surface area contributed by atoms with Gasteiger partial charge in [-0.1, -0.05) is 17.7 Å². The van der Waals surface area contributed by atoms with E-state index in [1.54, 1.807) is 12.1 Å². The Kier molecular flexibility index (Phi) is 5.16. The van der Waals surface area contributed by atoms with Crippen LogP contribution in [0.15, 0.2) is 30.3 Å². The average Bonchev–Trinajstić information content (AvgIpc) is 2.45. The van der Waals surface area contributed by atoms with Crippen LogP contribution in [0.5, 0.6) is 0 Å². The molecule has 2 amide bonds. The molecule has 0 saturated heterocycles. The fraction of sp³-hybridized carbons (Fsp3) is 0.267. The molecule has 0 spiro atoms. The minimum absolute atomic E-state index is 0.0553. The minimum atomic E-state index is -0.310. The summed E-state index contributed by atoms with van der Waals surface area (Å²) in [5.74, 6) is 0.951. The highest BCUT2D eigenvalue weighted by molar-refractivity contribution is 6.31. The third-order valence-electron chi connectivity index (χ3n) is 2.86. The van der Waals surface area contributed by atoms with Gasteiger partial charge in [-0.3, -0.25) is 5.32 Å². The first-order valence-electron chi connectivity index (χ1n) is 6.89. The summed E-state index contributed by atoms with van der Waals surface area (Å²) in [5, 5.41) is 17.1. The Morgan fingerprint density at radius 2 is 1.82 bits per heavy atom. The number of urea groups is 1. The minimum Gasteiger partial charge on any atom is -0.338 e. The van der Waals surface area contributed by atoms with Crippen LogP contribution < -0.4 is 16.0 Å². The molecule has 22 heavy (non-hydrogen) atoms. The molecule has 6 nitrogen and oxygen atoms in total. The molecular formula is C15H18ClN5O. The second-order valence-electron chi connectivity index (χ2n) is 5.09. The number of anilines is 3. The molecule has 116 valence electrons. The van der Waals surface area contributed by atoms with Crippen LogP contribution in [-0.2, 0) is 0 Å². The number of aromatic nitrogens is 2. The predicted octanol–water partition coefficient (Wildman–Crippen LogP) is 3.71. The summed E-state index contributed by atoms with van der Waals surface area (Å²) in [6, 6.07) is 8.75. The maximum Gasteiger partial charge on any atom is 0.320 e. The Labute approximate surface area is 134 Å². The molecule has 0 saturated carbocycles. The van der Waals surface area contributed by atoms with Crippen molar-refractivity contribution in [3.05, 3.63) is 40.9 Å². The van der Waals surface area contributed by atoms with Gasteiger partial charge in [0.25, 0.3) is 0 Å². The maximum absolute atomic E-state index is 11.6. The first kappa shape index (κ1) is 16.0. The summed E-state index contributed by atoms with van der Waals surface area (Å²) in [6.45, 7) is 5.68. The van der Waals surface area contributed by atoms with E-state index in [1.807, 2.05) is 39.0 Å². The molecule has 0 aliphatic carbocycles. The zero-order valence-electron chi connectivity index (χ0n) is 12.6. The first-order valence-corrected chi connectivity index (χ1v) is 7.27. The highest BCUT2D eigenvalue weighted by Gasteiger charge is 2.06. The van der Waals surface area contributed by atoms with E-state index < -0.39 is 0 Å². The van der Waals surface area contributed by atoms with E-state index in [0.29, 0.717) is 16.7 Å². The number of benzene rings is 1. The molecule has 0 unspecified atom stereocenters. The van der Waals surface area contributed by atoms with Gasteiger partial charge in [-0.2, -0.15) is 0 Å². The van der Waals surface area contributed by atoms with E-state index in [9.17, 15) is 4.79 Å². The number of nitrogens with one attached hydrogen (secondary N) is 3. The van der Waals surface area contributed by atoms with Gasteiger partial charge in [0.1, 0.15) is 0 Å². The van der Waals surface area contributed by atoms with Gasteiger partial charge >= 0.3 is 6.03 Å². The van der Waals surface area contributed by atoms with Crippen LogP contribution in [0.1, 0.15) is 19.4 Å². The maximum atomic E-state index is 11.6. The van der Waals surface area contributed by atoms with E-state index >= 15 is 0 Å². The van der Waals surface area contributed by atoms with E-state index in [-0.39, 0.29) is 12.1 Å². The molecule has 0 aliphatic heterocycles. The van der Waals surface area contributed by atoms with E-state index in [2.05, 4.69) is 26.1 Å². The number of halogens is 1. The van der Waals surface area contributed by atoms with Crippen LogP contribution in [0.25, 0.3) is 0 Å². The molecule has 0 aliphatic rings. The Morgan fingerprint density at radius 3 is 2.45 bits per heavy atom. The standard InChI is InChI=1S/C15H18ClN5O/c1-9(2)17-15(22)19-14-8-7-13(20-21-14)18-12-6-4-5-11(16)10(12)3/h4-9H,1-3H3,(H,18,20)(H2,17,19,21,22). The highest BCUT2D eigenvalue weighted by Crippen LogP contribution is 2.25. The van der Waals surface area contributed by atoms with Gasteiger partial charge < -0.3 is 10.6 Å². The molecule has 0 bridgehead atoms. The summed E-state index contributed by atoms with van der Waals surface area (Å²) in [7, 11) is 0. The van der Waals surface area contributed by atoms with Crippen LogP contribution in [-0.4, -0.2) is 22.3 Å². The van der Waals surface area contributed by atoms with Crippen molar-refractivity contribution >= 4 is 35.0 Å². The molecule has 1 aromatic carbocycles. The third kappa shape index (κ3) is 4.33.